The zero-order valence-electron chi connectivity index (χ0n) is 15.6. The van der Waals surface area contributed by atoms with Gasteiger partial charge in [-0.2, -0.15) is 0 Å². The normalized spacial score (nSPS) is 13.8. The fourth-order valence-corrected chi connectivity index (χ4v) is 4.13. The topological polar surface area (TPSA) is 62.3 Å². The predicted molar refractivity (Wildman–Crippen MR) is 113 cm³/mol. The number of thiazole rings is 1. The second-order valence-corrected chi connectivity index (χ2v) is 7.81. The monoisotopic (exact) mass is 391 g/mol. The second-order valence-electron chi connectivity index (χ2n) is 6.87. The van der Waals surface area contributed by atoms with E-state index in [1.165, 1.54) is 11.3 Å². The molecule has 4 rings (SSSR count). The Morgan fingerprint density at radius 3 is 2.86 bits per heavy atom. The van der Waals surface area contributed by atoms with E-state index in [9.17, 15) is 9.59 Å². The first-order valence-electron chi connectivity index (χ1n) is 9.31. The van der Waals surface area contributed by atoms with Crippen LogP contribution in [0.25, 0.3) is 11.3 Å². The summed E-state index contributed by atoms with van der Waals surface area (Å²) in [6.07, 6.45) is 1.75. The molecule has 5 nitrogen and oxygen atoms in total. The van der Waals surface area contributed by atoms with E-state index >= 15 is 0 Å². The number of nitrogens with zero attached hydrogens (tertiary/aromatic N) is 2. The summed E-state index contributed by atoms with van der Waals surface area (Å²) >= 11 is 1.47. The SMILES string of the molecule is Cc1ccccc1NC(=O)Cc1nc(-c2cccc(N3CCCC3=O)c2)cs1. The Bertz CT molecular complexity index is 1030. The molecule has 1 fully saturated rings. The molecule has 6 heteroatoms. The number of aryl methyl sites for hydroxylation is 1. The number of hydrogen-bond acceptors (Lipinski definition) is 4. The summed E-state index contributed by atoms with van der Waals surface area (Å²) in [6, 6.07) is 15.6. The lowest BCUT2D eigenvalue weighted by atomic mass is 10.1. The van der Waals surface area contributed by atoms with Crippen molar-refractivity contribution in [3.05, 3.63) is 64.5 Å². The van der Waals surface area contributed by atoms with Crippen molar-refractivity contribution < 1.29 is 9.59 Å². The number of carbonyl (C=O) groups excluding carboxylic acids is 2. The molecule has 0 radical (unpaired) electrons. The Hall–Kier alpha value is -2.99. The first-order valence-corrected chi connectivity index (χ1v) is 10.2. The Morgan fingerprint density at radius 2 is 2.07 bits per heavy atom. The molecule has 2 aromatic carbocycles. The summed E-state index contributed by atoms with van der Waals surface area (Å²) in [5.41, 5.74) is 4.55. The van der Waals surface area contributed by atoms with Crippen LogP contribution in [0.4, 0.5) is 11.4 Å². The van der Waals surface area contributed by atoms with Crippen LogP contribution in [0.5, 0.6) is 0 Å². The van der Waals surface area contributed by atoms with Crippen LogP contribution in [-0.2, 0) is 16.0 Å². The third kappa shape index (κ3) is 3.97. The third-order valence-corrected chi connectivity index (χ3v) is 5.66. The number of rotatable bonds is 5. The number of nitrogens with one attached hydrogen (secondary N) is 1. The first-order chi connectivity index (χ1) is 13.6. The highest BCUT2D eigenvalue weighted by Gasteiger charge is 2.22. The number of benzene rings is 2. The molecule has 0 saturated carbocycles. The maximum Gasteiger partial charge on any atom is 0.231 e. The molecule has 1 aliphatic heterocycles. The minimum Gasteiger partial charge on any atom is -0.325 e. The van der Waals surface area contributed by atoms with Gasteiger partial charge in [-0.25, -0.2) is 4.98 Å². The summed E-state index contributed by atoms with van der Waals surface area (Å²) < 4.78 is 0. The molecule has 2 amide bonds. The number of amides is 2. The van der Waals surface area contributed by atoms with E-state index in [0.717, 1.165) is 46.2 Å². The van der Waals surface area contributed by atoms with Gasteiger partial charge >= 0.3 is 0 Å². The average molecular weight is 391 g/mol. The van der Waals surface area contributed by atoms with Crippen LogP contribution in [0.3, 0.4) is 0 Å². The van der Waals surface area contributed by atoms with Gasteiger partial charge in [-0.3, -0.25) is 9.59 Å². The van der Waals surface area contributed by atoms with Gasteiger partial charge in [0.1, 0.15) is 5.01 Å². The summed E-state index contributed by atoms with van der Waals surface area (Å²) in [6.45, 7) is 2.74. The Labute approximate surface area is 168 Å². The van der Waals surface area contributed by atoms with Gasteiger partial charge in [-0.1, -0.05) is 30.3 Å². The van der Waals surface area contributed by atoms with Crippen molar-refractivity contribution in [3.8, 4) is 11.3 Å². The quantitative estimate of drug-likeness (QED) is 0.700. The molecule has 1 aliphatic rings. The predicted octanol–water partition coefficient (Wildman–Crippen LogP) is 4.43. The molecule has 0 bridgehead atoms. The number of aromatic nitrogens is 1. The van der Waals surface area contributed by atoms with Gasteiger partial charge < -0.3 is 10.2 Å². The maximum atomic E-state index is 12.4. The van der Waals surface area contributed by atoms with Crippen molar-refractivity contribution in [2.45, 2.75) is 26.2 Å². The van der Waals surface area contributed by atoms with Crippen LogP contribution < -0.4 is 10.2 Å². The first kappa shape index (κ1) is 18.4. The molecule has 142 valence electrons. The summed E-state index contributed by atoms with van der Waals surface area (Å²) in [4.78, 5) is 30.8. The number of carbonyl (C=O) groups is 2. The van der Waals surface area contributed by atoms with Crippen molar-refractivity contribution in [2.24, 2.45) is 0 Å². The van der Waals surface area contributed by atoms with Crippen molar-refractivity contribution in [1.29, 1.82) is 0 Å². The van der Waals surface area contributed by atoms with Crippen LogP contribution in [0, 0.1) is 6.92 Å². The van der Waals surface area contributed by atoms with Crippen molar-refractivity contribution in [1.82, 2.24) is 4.98 Å². The van der Waals surface area contributed by atoms with Gasteiger partial charge in [0.25, 0.3) is 0 Å². The molecule has 1 N–H and O–H groups in total. The van der Waals surface area contributed by atoms with Gasteiger partial charge in [0.15, 0.2) is 0 Å². The highest BCUT2D eigenvalue weighted by atomic mass is 32.1. The Morgan fingerprint density at radius 1 is 1.21 bits per heavy atom. The van der Waals surface area contributed by atoms with Crippen LogP contribution >= 0.6 is 11.3 Å². The molecule has 3 aromatic rings. The maximum absolute atomic E-state index is 12.4. The van der Waals surface area contributed by atoms with Crippen LogP contribution in [0.2, 0.25) is 0 Å². The van der Waals surface area contributed by atoms with Gasteiger partial charge in [0.05, 0.1) is 12.1 Å². The summed E-state index contributed by atoms with van der Waals surface area (Å²) in [5, 5.41) is 5.67. The Balaban J connectivity index is 1.46. The van der Waals surface area contributed by atoms with Gasteiger partial charge in [-0.15, -0.1) is 11.3 Å². The smallest absolute Gasteiger partial charge is 0.231 e. The molecule has 0 atom stereocenters. The molecular formula is C22H21N3O2S. The van der Waals surface area contributed by atoms with Gasteiger partial charge in [0.2, 0.25) is 11.8 Å². The van der Waals surface area contributed by atoms with E-state index in [2.05, 4.69) is 10.3 Å². The van der Waals surface area contributed by atoms with E-state index in [-0.39, 0.29) is 18.2 Å². The van der Waals surface area contributed by atoms with E-state index in [4.69, 9.17) is 0 Å². The van der Waals surface area contributed by atoms with Crippen LogP contribution in [0.15, 0.2) is 53.9 Å². The molecular weight excluding hydrogens is 370 g/mol. The van der Waals surface area contributed by atoms with Crippen LogP contribution in [0.1, 0.15) is 23.4 Å². The average Bonchev–Trinajstić information content (AvgIpc) is 3.33. The standard InChI is InChI=1S/C22H21N3O2S/c1-15-6-2-3-9-18(15)23-20(26)13-21-24-19(14-28-21)16-7-4-8-17(12-16)25-11-5-10-22(25)27/h2-4,6-9,12,14H,5,10-11,13H2,1H3,(H,23,26). The van der Waals surface area contributed by atoms with E-state index < -0.39 is 0 Å². The molecule has 0 spiro atoms. The number of hydrogen-bond donors (Lipinski definition) is 1. The lowest BCUT2D eigenvalue weighted by Gasteiger charge is -2.16. The lowest BCUT2D eigenvalue weighted by Crippen LogP contribution is -2.23. The lowest BCUT2D eigenvalue weighted by molar-refractivity contribution is -0.117. The van der Waals surface area contributed by atoms with E-state index in [1.807, 2.05) is 65.7 Å². The minimum atomic E-state index is -0.0772. The van der Waals surface area contributed by atoms with E-state index in [1.54, 1.807) is 0 Å². The second kappa shape index (κ2) is 7.94. The van der Waals surface area contributed by atoms with Gasteiger partial charge in [-0.05, 0) is 37.1 Å². The van der Waals surface area contributed by atoms with Crippen LogP contribution in [-0.4, -0.2) is 23.3 Å². The summed E-state index contributed by atoms with van der Waals surface area (Å²) in [7, 11) is 0. The molecule has 0 unspecified atom stereocenters. The number of para-hydroxylation sites is 1. The largest absolute Gasteiger partial charge is 0.325 e. The molecule has 1 aromatic heterocycles. The fourth-order valence-electron chi connectivity index (χ4n) is 3.32. The summed E-state index contributed by atoms with van der Waals surface area (Å²) in [5.74, 6) is 0.0932. The number of anilines is 2. The zero-order valence-corrected chi connectivity index (χ0v) is 16.5. The highest BCUT2D eigenvalue weighted by molar-refractivity contribution is 7.10. The molecule has 2 heterocycles. The Kier molecular flexibility index (Phi) is 5.21. The van der Waals surface area contributed by atoms with Gasteiger partial charge in [0, 0.05) is 35.3 Å². The fraction of sp³-hybridized carbons (Fsp3) is 0.227. The zero-order chi connectivity index (χ0) is 19.5. The minimum absolute atomic E-state index is 0.0772. The van der Waals surface area contributed by atoms with Crippen molar-refractivity contribution in [2.75, 3.05) is 16.8 Å². The van der Waals surface area contributed by atoms with Crippen molar-refractivity contribution >= 4 is 34.5 Å². The highest BCUT2D eigenvalue weighted by Crippen LogP contribution is 2.28. The van der Waals surface area contributed by atoms with Crippen molar-refractivity contribution in [3.63, 3.8) is 0 Å². The third-order valence-electron chi connectivity index (χ3n) is 4.81. The van der Waals surface area contributed by atoms with E-state index in [0.29, 0.717) is 6.42 Å². The molecule has 28 heavy (non-hydrogen) atoms. The molecule has 1 saturated heterocycles. The molecule has 0 aliphatic carbocycles.